The Kier molecular flexibility index (Phi) is 5.34. The third kappa shape index (κ3) is 4.21. The van der Waals surface area contributed by atoms with E-state index in [2.05, 4.69) is 15.9 Å². The number of ether oxygens (including phenoxy) is 1. The molecule has 0 unspecified atom stereocenters. The second kappa shape index (κ2) is 7.43. The van der Waals surface area contributed by atoms with Gasteiger partial charge in [0.1, 0.15) is 24.0 Å². The van der Waals surface area contributed by atoms with Crippen molar-refractivity contribution in [2.45, 2.75) is 6.61 Å². The molecular formula is C17H12BrNO3. The van der Waals surface area contributed by atoms with E-state index in [0.29, 0.717) is 17.9 Å². The number of rotatable bonds is 5. The smallest absolute Gasteiger partial charge is 0.346 e. The van der Waals surface area contributed by atoms with Gasteiger partial charge in [0.25, 0.3) is 0 Å². The lowest BCUT2D eigenvalue weighted by Crippen LogP contribution is -2.00. The van der Waals surface area contributed by atoms with Crippen LogP contribution in [0.1, 0.15) is 11.1 Å². The molecule has 4 nitrogen and oxygen atoms in total. The van der Waals surface area contributed by atoms with E-state index in [0.717, 1.165) is 10.0 Å². The molecule has 0 aliphatic heterocycles. The Bertz CT molecular complexity index is 748. The van der Waals surface area contributed by atoms with Crippen LogP contribution in [-0.2, 0) is 11.4 Å². The van der Waals surface area contributed by atoms with Gasteiger partial charge in [0.2, 0.25) is 0 Å². The minimum Gasteiger partial charge on any atom is -0.488 e. The summed E-state index contributed by atoms with van der Waals surface area (Å²) in [4.78, 5) is 11.0. The van der Waals surface area contributed by atoms with E-state index in [-0.39, 0.29) is 5.57 Å². The number of nitrogens with zero attached hydrogens (tertiary/aromatic N) is 1. The van der Waals surface area contributed by atoms with E-state index in [1.54, 1.807) is 24.3 Å². The number of carboxylic acid groups (broad SMARTS) is 1. The lowest BCUT2D eigenvalue weighted by atomic mass is 10.1. The average molecular weight is 358 g/mol. The molecule has 0 spiro atoms. The molecule has 2 aromatic rings. The molecule has 0 radical (unpaired) electrons. The first-order valence-corrected chi connectivity index (χ1v) is 7.21. The molecule has 0 aliphatic rings. The maximum Gasteiger partial charge on any atom is 0.346 e. The zero-order valence-corrected chi connectivity index (χ0v) is 13.1. The van der Waals surface area contributed by atoms with Crippen LogP contribution >= 0.6 is 15.9 Å². The Balaban J connectivity index is 2.28. The number of carboxylic acids is 1. The van der Waals surface area contributed by atoms with Crippen molar-refractivity contribution in [3.63, 3.8) is 0 Å². The average Bonchev–Trinajstić information content (AvgIpc) is 2.52. The minimum atomic E-state index is -1.27. The summed E-state index contributed by atoms with van der Waals surface area (Å²) >= 11 is 3.33. The van der Waals surface area contributed by atoms with Gasteiger partial charge in [-0.3, -0.25) is 0 Å². The molecule has 0 atom stereocenters. The van der Waals surface area contributed by atoms with Gasteiger partial charge in [0.15, 0.2) is 0 Å². The first kappa shape index (κ1) is 15.8. The summed E-state index contributed by atoms with van der Waals surface area (Å²) in [5.41, 5.74) is 1.19. The van der Waals surface area contributed by atoms with Crippen LogP contribution in [0.2, 0.25) is 0 Å². The standard InChI is InChI=1S/C17H12BrNO3/c18-15-6-7-16(22-11-12-4-2-1-3-5-12)13(9-15)8-14(10-19)17(20)21/h1-9H,11H2,(H,20,21). The Hall–Kier alpha value is -2.58. The topological polar surface area (TPSA) is 70.3 Å². The normalized spacial score (nSPS) is 10.8. The summed E-state index contributed by atoms with van der Waals surface area (Å²) in [6.07, 6.45) is 1.30. The van der Waals surface area contributed by atoms with E-state index in [1.165, 1.54) is 6.08 Å². The number of halogens is 1. The quantitative estimate of drug-likeness (QED) is 0.647. The third-order valence-electron chi connectivity index (χ3n) is 2.86. The van der Waals surface area contributed by atoms with Crippen LogP contribution in [0.25, 0.3) is 6.08 Å². The van der Waals surface area contributed by atoms with Crippen molar-refractivity contribution in [1.82, 2.24) is 0 Å². The highest BCUT2D eigenvalue weighted by atomic mass is 79.9. The van der Waals surface area contributed by atoms with E-state index < -0.39 is 5.97 Å². The van der Waals surface area contributed by atoms with Crippen LogP contribution in [0.15, 0.2) is 58.6 Å². The van der Waals surface area contributed by atoms with Crippen molar-refractivity contribution in [3.8, 4) is 11.8 Å². The number of benzene rings is 2. The summed E-state index contributed by atoms with van der Waals surface area (Å²) in [5, 5.41) is 17.8. The van der Waals surface area contributed by atoms with Crippen molar-refractivity contribution in [1.29, 1.82) is 5.26 Å². The summed E-state index contributed by atoms with van der Waals surface area (Å²) in [6, 6.07) is 16.5. The van der Waals surface area contributed by atoms with Crippen molar-refractivity contribution in [2.75, 3.05) is 0 Å². The van der Waals surface area contributed by atoms with Gasteiger partial charge in [-0.15, -0.1) is 0 Å². The zero-order valence-electron chi connectivity index (χ0n) is 11.5. The fourth-order valence-electron chi connectivity index (χ4n) is 1.80. The van der Waals surface area contributed by atoms with Crippen LogP contribution in [0.5, 0.6) is 5.75 Å². The molecule has 2 rings (SSSR count). The molecule has 5 heteroatoms. The number of aliphatic carboxylic acids is 1. The minimum absolute atomic E-state index is 0.345. The van der Waals surface area contributed by atoms with E-state index >= 15 is 0 Å². The molecule has 22 heavy (non-hydrogen) atoms. The molecule has 2 aromatic carbocycles. The first-order chi connectivity index (χ1) is 10.6. The lowest BCUT2D eigenvalue weighted by Gasteiger charge is -2.10. The second-order valence-corrected chi connectivity index (χ2v) is 5.35. The summed E-state index contributed by atoms with van der Waals surface area (Å²) in [5.74, 6) is -0.752. The van der Waals surface area contributed by atoms with Crippen molar-refractivity contribution in [2.24, 2.45) is 0 Å². The van der Waals surface area contributed by atoms with Gasteiger partial charge in [-0.1, -0.05) is 46.3 Å². The van der Waals surface area contributed by atoms with Crippen LogP contribution in [0.3, 0.4) is 0 Å². The highest BCUT2D eigenvalue weighted by molar-refractivity contribution is 9.10. The molecule has 0 bridgehead atoms. The molecule has 0 amide bonds. The Morgan fingerprint density at radius 3 is 2.64 bits per heavy atom. The molecule has 110 valence electrons. The second-order valence-electron chi connectivity index (χ2n) is 4.43. The molecule has 0 saturated carbocycles. The fourth-order valence-corrected chi connectivity index (χ4v) is 2.18. The predicted octanol–water partition coefficient (Wildman–Crippen LogP) is 4.02. The van der Waals surface area contributed by atoms with Gasteiger partial charge >= 0.3 is 5.97 Å². The number of nitriles is 1. The van der Waals surface area contributed by atoms with Crippen molar-refractivity contribution < 1.29 is 14.6 Å². The predicted molar refractivity (Wildman–Crippen MR) is 86.1 cm³/mol. The molecule has 0 fully saturated rings. The highest BCUT2D eigenvalue weighted by Gasteiger charge is 2.09. The van der Waals surface area contributed by atoms with Gasteiger partial charge in [0.05, 0.1) is 0 Å². The third-order valence-corrected chi connectivity index (χ3v) is 3.35. The van der Waals surface area contributed by atoms with Gasteiger partial charge in [-0.2, -0.15) is 5.26 Å². The van der Waals surface area contributed by atoms with Crippen LogP contribution < -0.4 is 4.74 Å². The molecule has 0 aliphatic carbocycles. The maximum atomic E-state index is 11.0. The number of hydrogen-bond acceptors (Lipinski definition) is 3. The fraction of sp³-hybridized carbons (Fsp3) is 0.0588. The summed E-state index contributed by atoms with van der Waals surface area (Å²) in [7, 11) is 0. The lowest BCUT2D eigenvalue weighted by molar-refractivity contribution is -0.132. The Morgan fingerprint density at radius 2 is 2.00 bits per heavy atom. The summed E-state index contributed by atoms with van der Waals surface area (Å²) < 4.78 is 6.51. The maximum absolute atomic E-state index is 11.0. The summed E-state index contributed by atoms with van der Waals surface area (Å²) in [6.45, 7) is 0.359. The molecule has 1 N–H and O–H groups in total. The SMILES string of the molecule is N#CC(=Cc1cc(Br)ccc1OCc1ccccc1)C(=O)O. The highest BCUT2D eigenvalue weighted by Crippen LogP contribution is 2.26. The Morgan fingerprint density at radius 1 is 1.27 bits per heavy atom. The van der Waals surface area contributed by atoms with Crippen LogP contribution in [-0.4, -0.2) is 11.1 Å². The zero-order chi connectivity index (χ0) is 15.9. The van der Waals surface area contributed by atoms with Gasteiger partial charge in [-0.25, -0.2) is 4.79 Å². The van der Waals surface area contributed by atoms with Crippen LogP contribution in [0.4, 0.5) is 0 Å². The largest absolute Gasteiger partial charge is 0.488 e. The Labute approximate surface area is 136 Å². The van der Waals surface area contributed by atoms with Crippen molar-refractivity contribution >= 4 is 28.0 Å². The van der Waals surface area contributed by atoms with Gasteiger partial charge in [0, 0.05) is 10.0 Å². The van der Waals surface area contributed by atoms with E-state index in [9.17, 15) is 4.79 Å². The van der Waals surface area contributed by atoms with Gasteiger partial charge < -0.3 is 9.84 Å². The molecule has 0 saturated heterocycles. The van der Waals surface area contributed by atoms with Crippen LogP contribution in [0, 0.1) is 11.3 Å². The number of hydrogen-bond donors (Lipinski definition) is 1. The van der Waals surface area contributed by atoms with Gasteiger partial charge in [-0.05, 0) is 29.8 Å². The molecule has 0 heterocycles. The van der Waals surface area contributed by atoms with E-state index in [4.69, 9.17) is 15.1 Å². The van der Waals surface area contributed by atoms with Crippen molar-refractivity contribution in [3.05, 3.63) is 69.7 Å². The monoisotopic (exact) mass is 357 g/mol. The first-order valence-electron chi connectivity index (χ1n) is 6.41. The molecule has 0 aromatic heterocycles. The molecular weight excluding hydrogens is 346 g/mol. The van der Waals surface area contributed by atoms with E-state index in [1.807, 2.05) is 30.3 Å². The number of carbonyl (C=O) groups is 1.